The average molecular weight is 456 g/mol. The van der Waals surface area contributed by atoms with Crippen molar-refractivity contribution < 1.29 is 19.0 Å². The van der Waals surface area contributed by atoms with Gasteiger partial charge in [-0.1, -0.05) is 48.4 Å². The first-order valence-electron chi connectivity index (χ1n) is 11.2. The summed E-state index contributed by atoms with van der Waals surface area (Å²) in [6.45, 7) is 3.73. The highest BCUT2D eigenvalue weighted by molar-refractivity contribution is 5.83. The van der Waals surface area contributed by atoms with E-state index in [-0.39, 0.29) is 18.2 Å². The summed E-state index contributed by atoms with van der Waals surface area (Å²) in [4.78, 5) is 14.5. The molecule has 0 aliphatic rings. The second-order valence-corrected chi connectivity index (χ2v) is 8.24. The van der Waals surface area contributed by atoms with Crippen molar-refractivity contribution in [2.24, 2.45) is 0 Å². The van der Waals surface area contributed by atoms with Gasteiger partial charge in [0.05, 0.1) is 12.3 Å². The van der Waals surface area contributed by atoms with Gasteiger partial charge < -0.3 is 14.8 Å². The second kappa shape index (κ2) is 10.3. The van der Waals surface area contributed by atoms with Gasteiger partial charge in [0.15, 0.2) is 0 Å². The van der Waals surface area contributed by atoms with E-state index >= 15 is 0 Å². The molecule has 4 nitrogen and oxygen atoms in total. The van der Waals surface area contributed by atoms with Crippen LogP contribution in [-0.2, 0) is 11.2 Å². The van der Waals surface area contributed by atoms with Gasteiger partial charge >= 0.3 is 5.97 Å². The topological polar surface area (TPSA) is 62.3 Å². The Balaban J connectivity index is 1.66. The Kier molecular flexibility index (Phi) is 6.98. The molecule has 0 aliphatic heterocycles. The number of carboxylic acid groups (broad SMARTS) is 1. The van der Waals surface area contributed by atoms with Crippen molar-refractivity contribution in [3.63, 3.8) is 0 Å². The van der Waals surface area contributed by atoms with Crippen LogP contribution in [0.1, 0.15) is 47.6 Å². The van der Waals surface area contributed by atoms with Crippen molar-refractivity contribution in [3.8, 4) is 17.6 Å². The number of aromatic amines is 1. The average Bonchev–Trinajstić information content (AvgIpc) is 3.30. The number of aryl methyl sites for hydroxylation is 1. The molecular formula is C29H26FNO3. The molecule has 0 saturated heterocycles. The number of ether oxygens (including phenoxy) is 1. The fraction of sp³-hybridized carbons (Fsp3) is 0.207. The fourth-order valence-corrected chi connectivity index (χ4v) is 4.27. The molecule has 2 N–H and O–H groups in total. The van der Waals surface area contributed by atoms with Crippen LogP contribution in [0.3, 0.4) is 0 Å². The summed E-state index contributed by atoms with van der Waals surface area (Å²) < 4.78 is 20.9. The molecule has 2 unspecified atom stereocenters. The first kappa shape index (κ1) is 23.1. The van der Waals surface area contributed by atoms with Gasteiger partial charge in [0, 0.05) is 18.1 Å². The summed E-state index contributed by atoms with van der Waals surface area (Å²) in [6.07, 6.45) is 1.79. The lowest BCUT2D eigenvalue weighted by atomic mass is 9.95. The highest BCUT2D eigenvalue weighted by atomic mass is 19.1. The largest absolute Gasteiger partial charge is 0.485 e. The number of halogens is 1. The minimum atomic E-state index is -0.895. The zero-order chi connectivity index (χ0) is 24.1. The highest BCUT2D eigenvalue weighted by Gasteiger charge is 2.21. The molecule has 0 spiro atoms. The smallest absolute Gasteiger partial charge is 0.304 e. The van der Waals surface area contributed by atoms with E-state index in [9.17, 15) is 14.3 Å². The molecule has 3 aromatic carbocycles. The number of carbonyl (C=O) groups is 1. The Bertz CT molecular complexity index is 1360. The van der Waals surface area contributed by atoms with Gasteiger partial charge in [-0.25, -0.2) is 4.39 Å². The molecule has 0 amide bonds. The Morgan fingerprint density at radius 3 is 2.56 bits per heavy atom. The lowest BCUT2D eigenvalue weighted by Crippen LogP contribution is -2.13. The summed E-state index contributed by atoms with van der Waals surface area (Å²) in [5.74, 6) is 4.84. The van der Waals surface area contributed by atoms with E-state index in [1.807, 2.05) is 61.7 Å². The Hall–Kier alpha value is -4.04. The summed E-state index contributed by atoms with van der Waals surface area (Å²) in [5, 5.41) is 10.3. The van der Waals surface area contributed by atoms with Gasteiger partial charge in [0.2, 0.25) is 0 Å². The van der Waals surface area contributed by atoms with Crippen LogP contribution < -0.4 is 4.74 Å². The molecule has 4 rings (SSSR count). The lowest BCUT2D eigenvalue weighted by Gasteiger charge is -2.22. The van der Waals surface area contributed by atoms with Crippen LogP contribution in [0.25, 0.3) is 10.9 Å². The molecule has 172 valence electrons. The van der Waals surface area contributed by atoms with Gasteiger partial charge in [-0.2, -0.15) is 0 Å². The van der Waals surface area contributed by atoms with Gasteiger partial charge in [-0.15, -0.1) is 5.92 Å². The standard InChI is InChI=1S/C29H26FNO3/c1-3-6-22(18-28(32)33)20-9-12-24(13-10-20)34-27(17-23-7-4-5-8-26(23)30)25-14-11-21-15-16-31-29(21)19(25)2/h4-5,7-16,22,27,31H,17-18H2,1-2H3,(H,32,33). The molecule has 1 heterocycles. The molecule has 0 fully saturated rings. The van der Waals surface area contributed by atoms with Crippen LogP contribution in [0.4, 0.5) is 4.39 Å². The molecule has 0 radical (unpaired) electrons. The molecule has 2 atom stereocenters. The van der Waals surface area contributed by atoms with Crippen LogP contribution in [0.15, 0.2) is 72.9 Å². The van der Waals surface area contributed by atoms with Crippen LogP contribution in [0.2, 0.25) is 0 Å². The molecule has 0 bridgehead atoms. The number of hydrogen-bond acceptors (Lipinski definition) is 2. The minimum absolute atomic E-state index is 0.0632. The van der Waals surface area contributed by atoms with Crippen LogP contribution >= 0.6 is 0 Å². The van der Waals surface area contributed by atoms with Crippen LogP contribution in [0, 0.1) is 24.6 Å². The Morgan fingerprint density at radius 1 is 1.09 bits per heavy atom. The predicted octanol–water partition coefficient (Wildman–Crippen LogP) is 6.56. The van der Waals surface area contributed by atoms with Gasteiger partial charge in [-0.3, -0.25) is 4.79 Å². The number of carboxylic acids is 1. The molecular weight excluding hydrogens is 429 g/mol. The van der Waals surface area contributed by atoms with Crippen molar-refractivity contribution in [3.05, 3.63) is 101 Å². The predicted molar refractivity (Wildman–Crippen MR) is 131 cm³/mol. The van der Waals surface area contributed by atoms with E-state index in [0.717, 1.165) is 27.6 Å². The number of fused-ring (bicyclic) bond motifs is 1. The van der Waals surface area contributed by atoms with Crippen molar-refractivity contribution in [2.45, 2.75) is 38.7 Å². The maximum atomic E-state index is 14.5. The van der Waals surface area contributed by atoms with E-state index in [0.29, 0.717) is 17.7 Å². The highest BCUT2D eigenvalue weighted by Crippen LogP contribution is 2.32. The van der Waals surface area contributed by atoms with E-state index < -0.39 is 12.1 Å². The zero-order valence-corrected chi connectivity index (χ0v) is 19.1. The third kappa shape index (κ3) is 5.13. The summed E-state index contributed by atoms with van der Waals surface area (Å²) in [6, 6.07) is 20.1. The van der Waals surface area contributed by atoms with Crippen molar-refractivity contribution in [1.82, 2.24) is 4.98 Å². The lowest BCUT2D eigenvalue weighted by molar-refractivity contribution is -0.137. The fourth-order valence-electron chi connectivity index (χ4n) is 4.27. The van der Waals surface area contributed by atoms with Crippen molar-refractivity contribution >= 4 is 16.9 Å². The van der Waals surface area contributed by atoms with Crippen molar-refractivity contribution in [2.75, 3.05) is 0 Å². The van der Waals surface area contributed by atoms with E-state index in [4.69, 9.17) is 4.74 Å². The summed E-state index contributed by atoms with van der Waals surface area (Å²) >= 11 is 0. The van der Waals surface area contributed by atoms with E-state index in [1.165, 1.54) is 6.07 Å². The molecule has 0 aliphatic carbocycles. The number of H-pyrrole nitrogens is 1. The number of benzene rings is 3. The van der Waals surface area contributed by atoms with Gasteiger partial charge in [0.25, 0.3) is 0 Å². The second-order valence-electron chi connectivity index (χ2n) is 8.24. The van der Waals surface area contributed by atoms with E-state index in [1.54, 1.807) is 19.1 Å². The first-order valence-corrected chi connectivity index (χ1v) is 11.2. The maximum Gasteiger partial charge on any atom is 0.304 e. The minimum Gasteiger partial charge on any atom is -0.485 e. The SMILES string of the molecule is CC#CC(CC(=O)O)c1ccc(OC(Cc2ccccc2F)c2ccc3cc[nH]c3c2C)cc1. The quantitative estimate of drug-likeness (QED) is 0.296. The third-order valence-corrected chi connectivity index (χ3v) is 6.00. The Morgan fingerprint density at radius 2 is 1.85 bits per heavy atom. The summed E-state index contributed by atoms with van der Waals surface area (Å²) in [5.41, 5.74) is 4.46. The number of hydrogen-bond donors (Lipinski definition) is 2. The van der Waals surface area contributed by atoms with Gasteiger partial charge in [-0.05, 0) is 65.8 Å². The normalized spacial score (nSPS) is 12.6. The molecule has 1 aromatic heterocycles. The van der Waals surface area contributed by atoms with E-state index in [2.05, 4.69) is 16.8 Å². The maximum absolute atomic E-state index is 14.5. The molecule has 34 heavy (non-hydrogen) atoms. The van der Waals surface area contributed by atoms with Gasteiger partial charge in [0.1, 0.15) is 17.7 Å². The zero-order valence-electron chi connectivity index (χ0n) is 19.1. The molecule has 0 saturated carbocycles. The third-order valence-electron chi connectivity index (χ3n) is 6.00. The number of nitrogens with one attached hydrogen (secondary N) is 1. The first-order chi connectivity index (χ1) is 16.5. The number of aromatic nitrogens is 1. The molecule has 5 heteroatoms. The van der Waals surface area contributed by atoms with Crippen LogP contribution in [0.5, 0.6) is 5.75 Å². The monoisotopic (exact) mass is 455 g/mol. The molecule has 4 aromatic rings. The van der Waals surface area contributed by atoms with Crippen molar-refractivity contribution in [1.29, 1.82) is 0 Å². The number of rotatable bonds is 8. The Labute approximate surface area is 198 Å². The number of aliphatic carboxylic acids is 1. The van der Waals surface area contributed by atoms with Crippen LogP contribution in [-0.4, -0.2) is 16.1 Å². The summed E-state index contributed by atoms with van der Waals surface area (Å²) in [7, 11) is 0.